The Morgan fingerprint density at radius 2 is 1.85 bits per heavy atom. The summed E-state index contributed by atoms with van der Waals surface area (Å²) < 4.78 is 1.72. The number of piperidine rings is 1. The minimum Gasteiger partial charge on any atom is -0.372 e. The third-order valence-corrected chi connectivity index (χ3v) is 5.06. The molecule has 26 heavy (non-hydrogen) atoms. The molecule has 1 atom stereocenters. The van der Waals surface area contributed by atoms with Crippen LogP contribution in [0.4, 0.5) is 5.69 Å². The topological polar surface area (TPSA) is 49.6 Å². The third-order valence-electron chi connectivity index (χ3n) is 5.06. The van der Waals surface area contributed by atoms with E-state index in [0.29, 0.717) is 5.69 Å². The number of nitrogens with one attached hydrogen (secondary N) is 1. The average molecular weight is 348 g/mol. The van der Waals surface area contributed by atoms with E-state index in [0.717, 1.165) is 24.2 Å². The molecule has 5 nitrogen and oxygen atoms in total. The highest BCUT2D eigenvalue weighted by molar-refractivity contribution is 5.93. The first kappa shape index (κ1) is 16.6. The maximum atomic E-state index is 12.5. The number of amides is 1. The first-order valence-electron chi connectivity index (χ1n) is 9.31. The number of nitrogens with zero attached hydrogens (tertiary/aromatic N) is 3. The molecule has 0 radical (unpaired) electrons. The number of fused-ring (bicyclic) bond motifs is 1. The highest BCUT2D eigenvalue weighted by Crippen LogP contribution is 2.22. The van der Waals surface area contributed by atoms with Gasteiger partial charge in [-0.3, -0.25) is 4.79 Å². The van der Waals surface area contributed by atoms with E-state index in [1.165, 1.54) is 24.9 Å². The number of pyridine rings is 1. The summed E-state index contributed by atoms with van der Waals surface area (Å²) in [5, 5.41) is 7.38. The fourth-order valence-corrected chi connectivity index (χ4v) is 3.53. The summed E-state index contributed by atoms with van der Waals surface area (Å²) in [6, 6.07) is 16.1. The molecule has 1 aliphatic heterocycles. The van der Waals surface area contributed by atoms with Crippen molar-refractivity contribution < 1.29 is 4.79 Å². The van der Waals surface area contributed by atoms with Crippen LogP contribution in [-0.2, 0) is 0 Å². The zero-order valence-corrected chi connectivity index (χ0v) is 15.1. The summed E-state index contributed by atoms with van der Waals surface area (Å²) in [6.07, 6.45) is 5.72. The first-order chi connectivity index (χ1) is 12.7. The second kappa shape index (κ2) is 7.20. The Labute approximate surface area is 153 Å². The van der Waals surface area contributed by atoms with Crippen LogP contribution in [0.5, 0.6) is 0 Å². The molecule has 0 spiro atoms. The molecule has 3 aromatic rings. The summed E-state index contributed by atoms with van der Waals surface area (Å²) in [7, 11) is 0. The fourth-order valence-electron chi connectivity index (χ4n) is 3.53. The Hall–Kier alpha value is -2.82. The summed E-state index contributed by atoms with van der Waals surface area (Å²) in [5.41, 5.74) is 3.72. The predicted molar refractivity (Wildman–Crippen MR) is 104 cm³/mol. The predicted octanol–water partition coefficient (Wildman–Crippen LogP) is 3.82. The van der Waals surface area contributed by atoms with Crippen molar-refractivity contribution in [1.82, 2.24) is 14.9 Å². The van der Waals surface area contributed by atoms with E-state index in [4.69, 9.17) is 0 Å². The summed E-state index contributed by atoms with van der Waals surface area (Å²) in [6.45, 7) is 4.28. The number of carbonyl (C=O) groups excluding carboxylic acids is 1. The molecule has 0 unspecified atom stereocenters. The highest BCUT2D eigenvalue weighted by atomic mass is 16.2. The molecular weight excluding hydrogens is 324 g/mol. The minimum absolute atomic E-state index is 0.0669. The van der Waals surface area contributed by atoms with Crippen molar-refractivity contribution in [3.8, 4) is 0 Å². The van der Waals surface area contributed by atoms with Crippen LogP contribution >= 0.6 is 0 Å². The number of benzene rings is 1. The van der Waals surface area contributed by atoms with E-state index in [-0.39, 0.29) is 11.9 Å². The maximum Gasteiger partial charge on any atom is 0.272 e. The highest BCUT2D eigenvalue weighted by Gasteiger charge is 2.16. The van der Waals surface area contributed by atoms with Crippen molar-refractivity contribution in [2.24, 2.45) is 0 Å². The van der Waals surface area contributed by atoms with E-state index in [9.17, 15) is 4.79 Å². The largest absolute Gasteiger partial charge is 0.372 e. The standard InChI is InChI=1S/C21H24N4O/c1-16(17-8-10-18(11-9-17)24-12-4-2-5-13-24)22-21(26)20-15-19-7-3-6-14-25(19)23-20/h3,6-11,14-16H,2,4-5,12-13H2,1H3,(H,22,26)/t16-/m1/s1. The summed E-state index contributed by atoms with van der Waals surface area (Å²) >= 11 is 0. The molecule has 2 aromatic heterocycles. The van der Waals surface area contributed by atoms with Crippen molar-refractivity contribution in [2.75, 3.05) is 18.0 Å². The van der Waals surface area contributed by atoms with Gasteiger partial charge in [-0.1, -0.05) is 18.2 Å². The molecule has 0 bridgehead atoms. The van der Waals surface area contributed by atoms with Crippen molar-refractivity contribution >= 4 is 17.1 Å². The third kappa shape index (κ3) is 3.43. The van der Waals surface area contributed by atoms with E-state index < -0.39 is 0 Å². The smallest absolute Gasteiger partial charge is 0.272 e. The van der Waals surface area contributed by atoms with Gasteiger partial charge in [-0.15, -0.1) is 0 Å². The van der Waals surface area contributed by atoms with Crippen LogP contribution in [0.2, 0.25) is 0 Å². The van der Waals surface area contributed by atoms with Crippen molar-refractivity contribution in [3.63, 3.8) is 0 Å². The Bertz CT molecular complexity index is 861. The number of hydrogen-bond donors (Lipinski definition) is 1. The molecule has 4 rings (SSSR count). The Balaban J connectivity index is 1.43. The van der Waals surface area contributed by atoms with Gasteiger partial charge >= 0.3 is 0 Å². The summed E-state index contributed by atoms with van der Waals surface area (Å²) in [5.74, 6) is -0.152. The van der Waals surface area contributed by atoms with Gasteiger partial charge in [-0.2, -0.15) is 5.10 Å². The Morgan fingerprint density at radius 3 is 2.58 bits per heavy atom. The van der Waals surface area contributed by atoms with Gasteiger partial charge in [0.15, 0.2) is 5.69 Å². The number of rotatable bonds is 4. The monoisotopic (exact) mass is 348 g/mol. The first-order valence-corrected chi connectivity index (χ1v) is 9.31. The zero-order valence-electron chi connectivity index (χ0n) is 15.1. The van der Waals surface area contributed by atoms with Gasteiger partial charge in [0.1, 0.15) is 0 Å². The van der Waals surface area contributed by atoms with Crippen molar-refractivity contribution in [2.45, 2.75) is 32.2 Å². The quantitative estimate of drug-likeness (QED) is 0.780. The van der Waals surface area contributed by atoms with Gasteiger partial charge in [0.05, 0.1) is 11.6 Å². The van der Waals surface area contributed by atoms with Gasteiger partial charge in [-0.25, -0.2) is 4.52 Å². The molecule has 134 valence electrons. The number of hydrogen-bond acceptors (Lipinski definition) is 3. The van der Waals surface area contributed by atoms with Crippen LogP contribution < -0.4 is 10.2 Å². The number of aromatic nitrogens is 2. The number of carbonyl (C=O) groups is 1. The van der Waals surface area contributed by atoms with E-state index >= 15 is 0 Å². The molecule has 1 aliphatic rings. The Kier molecular flexibility index (Phi) is 4.61. The molecule has 5 heteroatoms. The second-order valence-corrected chi connectivity index (χ2v) is 6.93. The molecule has 1 N–H and O–H groups in total. The van der Waals surface area contributed by atoms with Crippen LogP contribution in [0.3, 0.4) is 0 Å². The lowest BCUT2D eigenvalue weighted by Crippen LogP contribution is -2.29. The lowest BCUT2D eigenvalue weighted by molar-refractivity contribution is 0.0934. The van der Waals surface area contributed by atoms with Crippen molar-refractivity contribution in [1.29, 1.82) is 0 Å². The Morgan fingerprint density at radius 1 is 1.08 bits per heavy atom. The van der Waals surface area contributed by atoms with Gasteiger partial charge in [0.2, 0.25) is 0 Å². The minimum atomic E-state index is -0.152. The van der Waals surface area contributed by atoms with Crippen molar-refractivity contribution in [3.05, 3.63) is 66.0 Å². The van der Waals surface area contributed by atoms with Crippen LogP contribution in [0, 0.1) is 0 Å². The molecule has 0 saturated carbocycles. The van der Waals surface area contributed by atoms with E-state index in [1.54, 1.807) is 4.52 Å². The van der Waals surface area contributed by atoms with Gasteiger partial charge < -0.3 is 10.2 Å². The fraction of sp³-hybridized carbons (Fsp3) is 0.333. The summed E-state index contributed by atoms with van der Waals surface area (Å²) in [4.78, 5) is 15.0. The molecule has 1 amide bonds. The van der Waals surface area contributed by atoms with E-state index in [1.807, 2.05) is 37.4 Å². The number of anilines is 1. The molecule has 1 fully saturated rings. The van der Waals surface area contributed by atoms with Crippen LogP contribution in [0.15, 0.2) is 54.7 Å². The zero-order chi connectivity index (χ0) is 17.9. The SMILES string of the molecule is C[C@@H](NC(=O)c1cc2ccccn2n1)c1ccc(N2CCCCC2)cc1. The second-order valence-electron chi connectivity index (χ2n) is 6.93. The van der Waals surface area contributed by atoms with Gasteiger partial charge in [0.25, 0.3) is 5.91 Å². The molecule has 3 heterocycles. The molecule has 0 aliphatic carbocycles. The lowest BCUT2D eigenvalue weighted by atomic mass is 10.1. The maximum absolute atomic E-state index is 12.5. The van der Waals surface area contributed by atoms with Gasteiger partial charge in [-0.05, 0) is 62.1 Å². The lowest BCUT2D eigenvalue weighted by Gasteiger charge is -2.29. The van der Waals surface area contributed by atoms with Crippen LogP contribution in [0.1, 0.15) is 48.3 Å². The van der Waals surface area contributed by atoms with E-state index in [2.05, 4.69) is 39.6 Å². The van der Waals surface area contributed by atoms with Gasteiger partial charge in [0, 0.05) is 25.0 Å². The normalized spacial score (nSPS) is 15.8. The molecule has 1 saturated heterocycles. The average Bonchev–Trinajstić information content (AvgIpc) is 3.13. The van der Waals surface area contributed by atoms with Crippen LogP contribution in [0.25, 0.3) is 5.52 Å². The molecular formula is C21H24N4O. The molecule has 1 aromatic carbocycles. The van der Waals surface area contributed by atoms with Crippen LogP contribution in [-0.4, -0.2) is 28.6 Å².